The maximum Gasteiger partial charge on any atom is 0.254 e. The van der Waals surface area contributed by atoms with E-state index in [2.05, 4.69) is 10.3 Å². The molecule has 0 bridgehead atoms. The molecule has 1 rings (SSSR count). The molecular formula is C13H22N4O2. The molecule has 6 nitrogen and oxygen atoms in total. The van der Waals surface area contributed by atoms with Gasteiger partial charge in [-0.3, -0.25) is 4.79 Å². The number of amides is 1. The first kappa shape index (κ1) is 15.4. The van der Waals surface area contributed by atoms with E-state index in [9.17, 15) is 4.79 Å². The molecule has 0 fully saturated rings. The minimum Gasteiger partial charge on any atom is -0.383 e. The van der Waals surface area contributed by atoms with Gasteiger partial charge in [0.2, 0.25) is 0 Å². The molecule has 0 radical (unpaired) electrons. The number of hydrogen-bond donors (Lipinski definition) is 2. The van der Waals surface area contributed by atoms with Crippen LogP contribution in [0.15, 0.2) is 18.3 Å². The fourth-order valence-corrected chi connectivity index (χ4v) is 1.57. The third-order valence-corrected chi connectivity index (χ3v) is 2.62. The van der Waals surface area contributed by atoms with Crippen LogP contribution >= 0.6 is 0 Å². The Morgan fingerprint density at radius 2 is 2.26 bits per heavy atom. The molecule has 0 spiro atoms. The lowest BCUT2D eigenvalue weighted by Crippen LogP contribution is -2.28. The summed E-state index contributed by atoms with van der Waals surface area (Å²) in [5.74, 6) is 0.682. The van der Waals surface area contributed by atoms with Gasteiger partial charge in [0.15, 0.2) is 0 Å². The van der Waals surface area contributed by atoms with Crippen LogP contribution in [-0.4, -0.2) is 56.2 Å². The number of nitrogens with zero attached hydrogens (tertiary/aromatic N) is 2. The minimum absolute atomic E-state index is 0.0205. The highest BCUT2D eigenvalue weighted by Crippen LogP contribution is 2.07. The number of rotatable bonds is 7. The van der Waals surface area contributed by atoms with Crippen LogP contribution in [0.2, 0.25) is 0 Å². The van der Waals surface area contributed by atoms with E-state index in [1.54, 1.807) is 39.5 Å². The monoisotopic (exact) mass is 266 g/mol. The topological polar surface area (TPSA) is 80.5 Å². The van der Waals surface area contributed by atoms with Gasteiger partial charge in [-0.15, -0.1) is 0 Å². The fourth-order valence-electron chi connectivity index (χ4n) is 1.57. The first-order valence-electron chi connectivity index (χ1n) is 6.20. The average molecular weight is 266 g/mol. The van der Waals surface area contributed by atoms with Gasteiger partial charge in [0.25, 0.3) is 5.91 Å². The number of ether oxygens (including phenoxy) is 1. The molecule has 1 unspecified atom stereocenters. The molecule has 0 saturated carbocycles. The van der Waals surface area contributed by atoms with Crippen molar-refractivity contribution in [1.29, 1.82) is 0 Å². The fraction of sp³-hybridized carbons (Fsp3) is 0.538. The Bertz CT molecular complexity index is 392. The van der Waals surface area contributed by atoms with Gasteiger partial charge in [-0.25, -0.2) is 4.98 Å². The maximum atomic E-state index is 11.7. The number of carbonyl (C=O) groups excluding carboxylic acids is 1. The average Bonchev–Trinajstić information content (AvgIpc) is 2.39. The van der Waals surface area contributed by atoms with Gasteiger partial charge >= 0.3 is 0 Å². The highest BCUT2D eigenvalue weighted by Gasteiger charge is 2.08. The summed E-state index contributed by atoms with van der Waals surface area (Å²) >= 11 is 0. The van der Waals surface area contributed by atoms with Crippen LogP contribution in [-0.2, 0) is 4.74 Å². The van der Waals surface area contributed by atoms with Crippen molar-refractivity contribution in [2.75, 3.05) is 39.7 Å². The molecule has 0 saturated heterocycles. The van der Waals surface area contributed by atoms with Gasteiger partial charge in [0.05, 0.1) is 12.2 Å². The molecule has 1 aromatic heterocycles. The van der Waals surface area contributed by atoms with Crippen LogP contribution in [0.3, 0.4) is 0 Å². The molecule has 1 amide bonds. The summed E-state index contributed by atoms with van der Waals surface area (Å²) in [6.45, 7) is 1.27. The zero-order chi connectivity index (χ0) is 14.3. The van der Waals surface area contributed by atoms with Crippen molar-refractivity contribution in [3.63, 3.8) is 0 Å². The number of aromatic nitrogens is 1. The van der Waals surface area contributed by atoms with Crippen LogP contribution < -0.4 is 11.1 Å². The Balaban J connectivity index is 2.42. The summed E-state index contributed by atoms with van der Waals surface area (Å²) < 4.78 is 4.96. The second kappa shape index (κ2) is 7.70. The Morgan fingerprint density at radius 1 is 1.53 bits per heavy atom. The molecule has 1 atom stereocenters. The zero-order valence-corrected chi connectivity index (χ0v) is 11.7. The molecule has 6 heteroatoms. The van der Waals surface area contributed by atoms with Crippen LogP contribution in [0.25, 0.3) is 0 Å². The van der Waals surface area contributed by atoms with Crippen molar-refractivity contribution >= 4 is 11.7 Å². The largest absolute Gasteiger partial charge is 0.383 e. The molecule has 0 aliphatic rings. The number of nitrogens with one attached hydrogen (secondary N) is 1. The Labute approximate surface area is 113 Å². The van der Waals surface area contributed by atoms with E-state index < -0.39 is 0 Å². The molecule has 0 aliphatic carbocycles. The lowest BCUT2D eigenvalue weighted by molar-refractivity contribution is 0.0827. The van der Waals surface area contributed by atoms with Crippen LogP contribution in [0.1, 0.15) is 16.8 Å². The molecule has 0 aromatic carbocycles. The zero-order valence-electron chi connectivity index (χ0n) is 11.7. The van der Waals surface area contributed by atoms with Gasteiger partial charge in [-0.2, -0.15) is 0 Å². The van der Waals surface area contributed by atoms with Crippen molar-refractivity contribution in [3.8, 4) is 0 Å². The lowest BCUT2D eigenvalue weighted by atomic mass is 10.2. The smallest absolute Gasteiger partial charge is 0.254 e. The standard InChI is InChI=1S/C13H22N4O2/c1-17(2)13(18)10-4-5-12(16-8-10)15-7-6-11(14)9-19-3/h4-5,8,11H,6-7,9,14H2,1-3H3,(H,15,16). The summed E-state index contributed by atoms with van der Waals surface area (Å²) in [6.07, 6.45) is 2.37. The van der Waals surface area contributed by atoms with Crippen molar-refractivity contribution in [2.45, 2.75) is 12.5 Å². The number of hydrogen-bond acceptors (Lipinski definition) is 5. The Kier molecular flexibility index (Phi) is 6.24. The third-order valence-electron chi connectivity index (χ3n) is 2.62. The van der Waals surface area contributed by atoms with E-state index in [-0.39, 0.29) is 11.9 Å². The summed E-state index contributed by atoms with van der Waals surface area (Å²) in [5.41, 5.74) is 6.39. The summed E-state index contributed by atoms with van der Waals surface area (Å²) in [5, 5.41) is 3.16. The number of carbonyl (C=O) groups is 1. The number of nitrogens with two attached hydrogens (primary N) is 1. The summed E-state index contributed by atoms with van der Waals surface area (Å²) in [7, 11) is 5.06. The van der Waals surface area contributed by atoms with Gasteiger partial charge in [-0.05, 0) is 18.6 Å². The second-order valence-electron chi connectivity index (χ2n) is 4.56. The van der Waals surface area contributed by atoms with Gasteiger partial charge in [-0.1, -0.05) is 0 Å². The Morgan fingerprint density at radius 3 is 2.79 bits per heavy atom. The number of pyridine rings is 1. The minimum atomic E-state index is -0.0545. The summed E-state index contributed by atoms with van der Waals surface area (Å²) in [4.78, 5) is 17.4. The molecule has 1 heterocycles. The van der Waals surface area contributed by atoms with E-state index >= 15 is 0 Å². The maximum absolute atomic E-state index is 11.7. The number of methoxy groups -OCH3 is 1. The van der Waals surface area contributed by atoms with E-state index in [0.29, 0.717) is 12.2 Å². The van der Waals surface area contributed by atoms with E-state index in [1.165, 1.54) is 4.90 Å². The highest BCUT2D eigenvalue weighted by atomic mass is 16.5. The van der Waals surface area contributed by atoms with Crippen LogP contribution in [0.4, 0.5) is 5.82 Å². The van der Waals surface area contributed by atoms with Crippen molar-refractivity contribution in [3.05, 3.63) is 23.9 Å². The van der Waals surface area contributed by atoms with Crippen LogP contribution in [0.5, 0.6) is 0 Å². The van der Waals surface area contributed by atoms with Crippen molar-refractivity contribution in [1.82, 2.24) is 9.88 Å². The second-order valence-corrected chi connectivity index (χ2v) is 4.56. The molecule has 0 aliphatic heterocycles. The van der Waals surface area contributed by atoms with Crippen LogP contribution in [0, 0.1) is 0 Å². The van der Waals surface area contributed by atoms with Crippen molar-refractivity contribution < 1.29 is 9.53 Å². The predicted molar refractivity (Wildman–Crippen MR) is 75.2 cm³/mol. The molecule has 3 N–H and O–H groups in total. The van der Waals surface area contributed by atoms with Gasteiger partial charge in [0.1, 0.15) is 5.82 Å². The van der Waals surface area contributed by atoms with E-state index in [4.69, 9.17) is 10.5 Å². The van der Waals surface area contributed by atoms with E-state index in [0.717, 1.165) is 18.8 Å². The molecule has 1 aromatic rings. The molecular weight excluding hydrogens is 244 g/mol. The van der Waals surface area contributed by atoms with E-state index in [1.807, 2.05) is 0 Å². The first-order valence-corrected chi connectivity index (χ1v) is 6.20. The first-order chi connectivity index (χ1) is 9.04. The highest BCUT2D eigenvalue weighted by molar-refractivity contribution is 5.93. The summed E-state index contributed by atoms with van der Waals surface area (Å²) in [6, 6.07) is 3.57. The normalized spacial score (nSPS) is 12.0. The Hall–Kier alpha value is -1.66. The van der Waals surface area contributed by atoms with Crippen molar-refractivity contribution in [2.24, 2.45) is 5.73 Å². The predicted octanol–water partition coefficient (Wildman–Crippen LogP) is 0.559. The quantitative estimate of drug-likeness (QED) is 0.753. The lowest BCUT2D eigenvalue weighted by Gasteiger charge is -2.12. The van der Waals surface area contributed by atoms with Gasteiger partial charge in [0, 0.05) is 40.0 Å². The molecule has 106 valence electrons. The number of anilines is 1. The SMILES string of the molecule is COCC(N)CCNc1ccc(C(=O)N(C)C)cn1. The van der Waals surface area contributed by atoms with Gasteiger partial charge < -0.3 is 20.7 Å². The molecule has 19 heavy (non-hydrogen) atoms. The third kappa shape index (κ3) is 5.23.